The van der Waals surface area contributed by atoms with E-state index < -0.39 is 0 Å². The van der Waals surface area contributed by atoms with Crippen LogP contribution >= 0.6 is 0 Å². The Kier molecular flexibility index (Phi) is 3.50. The molecule has 1 aliphatic heterocycles. The molecular formula is C10H16N6O. The van der Waals surface area contributed by atoms with Gasteiger partial charge in [0.15, 0.2) is 11.5 Å². The molecule has 2 heterocycles. The fourth-order valence-corrected chi connectivity index (χ4v) is 1.84. The standard InChI is InChI=1S/C10H16N6O/c1-16-5-4-7(6-16)12-10(17)8-2-3-9(13-11)15-14-8/h2-3,7H,4-6,11H2,1H3,(H,12,17)(H,13,15). The average Bonchev–Trinajstić information content (AvgIpc) is 2.75. The first-order valence-corrected chi connectivity index (χ1v) is 5.49. The second-order valence-electron chi connectivity index (χ2n) is 4.17. The van der Waals surface area contributed by atoms with Gasteiger partial charge in [-0.15, -0.1) is 10.2 Å². The molecule has 1 aromatic rings. The zero-order valence-corrected chi connectivity index (χ0v) is 9.68. The lowest BCUT2D eigenvalue weighted by Gasteiger charge is -2.12. The zero-order chi connectivity index (χ0) is 12.3. The topological polar surface area (TPSA) is 96.2 Å². The maximum Gasteiger partial charge on any atom is 0.272 e. The summed E-state index contributed by atoms with van der Waals surface area (Å²) in [4.78, 5) is 14.0. The number of aromatic nitrogens is 2. The smallest absolute Gasteiger partial charge is 0.272 e. The quantitative estimate of drug-likeness (QED) is 0.469. The lowest BCUT2D eigenvalue weighted by molar-refractivity contribution is 0.0932. The molecule has 1 saturated heterocycles. The van der Waals surface area contributed by atoms with Crippen LogP contribution in [0.5, 0.6) is 0 Å². The molecular weight excluding hydrogens is 220 g/mol. The fraction of sp³-hybridized carbons (Fsp3) is 0.500. The molecule has 0 aromatic carbocycles. The molecule has 2 rings (SSSR count). The third-order valence-corrected chi connectivity index (χ3v) is 2.77. The van der Waals surface area contributed by atoms with Crippen molar-refractivity contribution in [2.75, 3.05) is 25.6 Å². The maximum absolute atomic E-state index is 11.8. The van der Waals surface area contributed by atoms with Crippen molar-refractivity contribution in [3.63, 3.8) is 0 Å². The molecule has 92 valence electrons. The summed E-state index contributed by atoms with van der Waals surface area (Å²) in [5.74, 6) is 5.40. The van der Waals surface area contributed by atoms with E-state index in [9.17, 15) is 4.79 Å². The number of likely N-dealkylation sites (tertiary alicyclic amines) is 1. The van der Waals surface area contributed by atoms with Crippen LogP contribution in [0.2, 0.25) is 0 Å². The van der Waals surface area contributed by atoms with Gasteiger partial charge in [0.25, 0.3) is 5.91 Å². The molecule has 1 aromatic heterocycles. The number of carbonyl (C=O) groups is 1. The van der Waals surface area contributed by atoms with Gasteiger partial charge in [-0.25, -0.2) is 5.84 Å². The molecule has 7 nitrogen and oxygen atoms in total. The Balaban J connectivity index is 1.94. The third-order valence-electron chi connectivity index (χ3n) is 2.77. The monoisotopic (exact) mass is 236 g/mol. The number of nitrogen functional groups attached to an aromatic ring is 1. The summed E-state index contributed by atoms with van der Waals surface area (Å²) in [5, 5.41) is 10.5. The molecule has 0 aliphatic carbocycles. The summed E-state index contributed by atoms with van der Waals surface area (Å²) < 4.78 is 0. The Morgan fingerprint density at radius 3 is 2.88 bits per heavy atom. The van der Waals surface area contributed by atoms with Crippen molar-refractivity contribution in [3.05, 3.63) is 17.8 Å². The van der Waals surface area contributed by atoms with Crippen molar-refractivity contribution in [1.82, 2.24) is 20.4 Å². The highest BCUT2D eigenvalue weighted by atomic mass is 16.2. The van der Waals surface area contributed by atoms with Gasteiger partial charge in [0, 0.05) is 12.6 Å². The number of rotatable bonds is 3. The zero-order valence-electron chi connectivity index (χ0n) is 9.68. The highest BCUT2D eigenvalue weighted by molar-refractivity contribution is 5.92. The van der Waals surface area contributed by atoms with Crippen molar-refractivity contribution in [2.45, 2.75) is 12.5 Å². The summed E-state index contributed by atoms with van der Waals surface area (Å²) >= 11 is 0. The number of amides is 1. The van der Waals surface area contributed by atoms with E-state index >= 15 is 0 Å². The van der Waals surface area contributed by atoms with E-state index in [4.69, 9.17) is 5.84 Å². The summed E-state index contributed by atoms with van der Waals surface area (Å²) in [5.41, 5.74) is 2.66. The molecule has 1 amide bonds. The summed E-state index contributed by atoms with van der Waals surface area (Å²) in [6.45, 7) is 1.88. The van der Waals surface area contributed by atoms with E-state index in [0.717, 1.165) is 19.5 Å². The lowest BCUT2D eigenvalue weighted by atomic mass is 10.2. The van der Waals surface area contributed by atoms with Crippen LogP contribution in [0.1, 0.15) is 16.9 Å². The van der Waals surface area contributed by atoms with Crippen molar-refractivity contribution in [1.29, 1.82) is 0 Å². The maximum atomic E-state index is 11.8. The molecule has 0 radical (unpaired) electrons. The molecule has 17 heavy (non-hydrogen) atoms. The second kappa shape index (κ2) is 5.07. The first-order chi connectivity index (χ1) is 8.19. The highest BCUT2D eigenvalue weighted by Gasteiger charge is 2.22. The molecule has 0 bridgehead atoms. The number of hydrogen-bond acceptors (Lipinski definition) is 6. The molecule has 4 N–H and O–H groups in total. The van der Waals surface area contributed by atoms with Crippen LogP contribution in [0.25, 0.3) is 0 Å². The van der Waals surface area contributed by atoms with E-state index in [-0.39, 0.29) is 11.9 Å². The van der Waals surface area contributed by atoms with Gasteiger partial charge in [-0.2, -0.15) is 0 Å². The Labute approximate surface area is 99.4 Å². The number of hydrazine groups is 1. The van der Waals surface area contributed by atoms with E-state index in [0.29, 0.717) is 11.5 Å². The minimum absolute atomic E-state index is 0.193. The van der Waals surface area contributed by atoms with E-state index in [1.165, 1.54) is 0 Å². The number of nitrogens with zero attached hydrogens (tertiary/aromatic N) is 3. The number of nitrogens with one attached hydrogen (secondary N) is 2. The molecule has 0 saturated carbocycles. The molecule has 1 aliphatic rings. The van der Waals surface area contributed by atoms with Crippen molar-refractivity contribution < 1.29 is 4.79 Å². The van der Waals surface area contributed by atoms with Crippen molar-refractivity contribution >= 4 is 11.7 Å². The fourth-order valence-electron chi connectivity index (χ4n) is 1.84. The lowest BCUT2D eigenvalue weighted by Crippen LogP contribution is -2.37. The molecule has 1 atom stereocenters. The van der Waals surface area contributed by atoms with Crippen LogP contribution in [-0.4, -0.2) is 47.2 Å². The largest absolute Gasteiger partial charge is 0.347 e. The van der Waals surface area contributed by atoms with Crippen LogP contribution in [0.3, 0.4) is 0 Å². The number of hydrogen-bond donors (Lipinski definition) is 3. The number of anilines is 1. The average molecular weight is 236 g/mol. The molecule has 7 heteroatoms. The highest BCUT2D eigenvalue weighted by Crippen LogP contribution is 2.07. The van der Waals surface area contributed by atoms with Gasteiger partial charge in [-0.1, -0.05) is 0 Å². The van der Waals surface area contributed by atoms with Gasteiger partial charge < -0.3 is 15.6 Å². The SMILES string of the molecule is CN1CCC(NC(=O)c2ccc(NN)nn2)C1. The van der Waals surface area contributed by atoms with Gasteiger partial charge >= 0.3 is 0 Å². The van der Waals surface area contributed by atoms with Gasteiger partial charge in [-0.3, -0.25) is 4.79 Å². The molecule has 1 fully saturated rings. The van der Waals surface area contributed by atoms with Gasteiger partial charge in [0.2, 0.25) is 0 Å². The first kappa shape index (κ1) is 11.7. The van der Waals surface area contributed by atoms with Crippen LogP contribution in [-0.2, 0) is 0 Å². The minimum Gasteiger partial charge on any atom is -0.347 e. The Morgan fingerprint density at radius 1 is 1.53 bits per heavy atom. The predicted octanol–water partition coefficient (Wildman–Crippen LogP) is -0.804. The van der Waals surface area contributed by atoms with Gasteiger partial charge in [-0.05, 0) is 32.1 Å². The Bertz CT molecular complexity index is 392. The Morgan fingerprint density at radius 2 is 2.35 bits per heavy atom. The normalized spacial score (nSPS) is 20.2. The van der Waals surface area contributed by atoms with Crippen LogP contribution in [0.15, 0.2) is 12.1 Å². The van der Waals surface area contributed by atoms with Crippen LogP contribution in [0, 0.1) is 0 Å². The summed E-state index contributed by atoms with van der Waals surface area (Å²) in [7, 11) is 2.04. The van der Waals surface area contributed by atoms with E-state index in [1.807, 2.05) is 7.05 Å². The minimum atomic E-state index is -0.193. The second-order valence-corrected chi connectivity index (χ2v) is 4.17. The summed E-state index contributed by atoms with van der Waals surface area (Å²) in [6.07, 6.45) is 0.970. The van der Waals surface area contributed by atoms with Crippen LogP contribution in [0.4, 0.5) is 5.82 Å². The first-order valence-electron chi connectivity index (χ1n) is 5.49. The van der Waals surface area contributed by atoms with Crippen molar-refractivity contribution in [3.8, 4) is 0 Å². The number of likely N-dealkylation sites (N-methyl/N-ethyl adjacent to an activating group) is 1. The predicted molar refractivity (Wildman–Crippen MR) is 63.2 cm³/mol. The van der Waals surface area contributed by atoms with E-state index in [1.54, 1.807) is 12.1 Å². The van der Waals surface area contributed by atoms with Gasteiger partial charge in [0.05, 0.1) is 0 Å². The Hall–Kier alpha value is -1.73. The third kappa shape index (κ3) is 2.89. The summed E-state index contributed by atoms with van der Waals surface area (Å²) in [6, 6.07) is 3.40. The molecule has 0 spiro atoms. The van der Waals surface area contributed by atoms with Crippen molar-refractivity contribution in [2.24, 2.45) is 5.84 Å². The number of carbonyl (C=O) groups excluding carboxylic acids is 1. The van der Waals surface area contributed by atoms with E-state index in [2.05, 4.69) is 25.8 Å². The molecule has 1 unspecified atom stereocenters. The number of nitrogens with two attached hydrogens (primary N) is 1. The van der Waals surface area contributed by atoms with Crippen LogP contribution < -0.4 is 16.6 Å². The van der Waals surface area contributed by atoms with Gasteiger partial charge in [0.1, 0.15) is 0 Å².